The molecule has 0 radical (unpaired) electrons. The summed E-state index contributed by atoms with van der Waals surface area (Å²) >= 11 is 0. The smallest absolute Gasteiger partial charge is 0.310 e. The first-order chi connectivity index (χ1) is 8.95. The lowest BCUT2D eigenvalue weighted by Gasteiger charge is -2.22. The van der Waals surface area contributed by atoms with Crippen LogP contribution in [0.4, 0.5) is 13.2 Å². The zero-order chi connectivity index (χ0) is 14.0. The van der Waals surface area contributed by atoms with Crippen molar-refractivity contribution in [2.75, 3.05) is 6.54 Å². The largest absolute Gasteiger partial charge is 0.416 e. The number of pyridine rings is 1. The normalized spacial score (nSPS) is 24.3. The van der Waals surface area contributed by atoms with E-state index in [2.05, 4.69) is 17.2 Å². The van der Waals surface area contributed by atoms with E-state index < -0.39 is 11.7 Å². The molecule has 3 atom stereocenters. The molecule has 1 aliphatic carbocycles. The summed E-state index contributed by atoms with van der Waals surface area (Å²) in [6.45, 7) is 4.81. The lowest BCUT2D eigenvalue weighted by molar-refractivity contribution is -0.138. The van der Waals surface area contributed by atoms with Gasteiger partial charge in [0.1, 0.15) is 0 Å². The van der Waals surface area contributed by atoms with E-state index in [1.165, 1.54) is 12.4 Å². The summed E-state index contributed by atoms with van der Waals surface area (Å²) < 4.78 is 39.2. The average molecular weight is 272 g/mol. The molecule has 1 saturated carbocycles. The fourth-order valence-electron chi connectivity index (χ4n) is 2.52. The van der Waals surface area contributed by atoms with E-state index in [1.54, 1.807) is 0 Å². The molecule has 0 amide bonds. The molecule has 1 aromatic rings. The minimum Gasteiger partial charge on any atom is -0.310 e. The van der Waals surface area contributed by atoms with Crippen LogP contribution in [-0.4, -0.2) is 11.5 Å². The van der Waals surface area contributed by atoms with E-state index in [-0.39, 0.29) is 17.5 Å². The molecule has 1 fully saturated rings. The van der Waals surface area contributed by atoms with E-state index >= 15 is 0 Å². The van der Waals surface area contributed by atoms with Gasteiger partial charge in [0.25, 0.3) is 0 Å². The third-order valence-electron chi connectivity index (χ3n) is 3.71. The maximum absolute atomic E-state index is 13.1. The van der Waals surface area contributed by atoms with Gasteiger partial charge in [0.15, 0.2) is 0 Å². The van der Waals surface area contributed by atoms with Crippen LogP contribution in [-0.2, 0) is 6.18 Å². The molecule has 0 bridgehead atoms. The highest BCUT2D eigenvalue weighted by Crippen LogP contribution is 2.48. The van der Waals surface area contributed by atoms with Gasteiger partial charge in [-0.2, -0.15) is 13.2 Å². The zero-order valence-electron chi connectivity index (χ0n) is 11.2. The predicted molar refractivity (Wildman–Crippen MR) is 67.5 cm³/mol. The van der Waals surface area contributed by atoms with E-state index in [0.717, 1.165) is 25.5 Å². The topological polar surface area (TPSA) is 24.9 Å². The molecule has 1 N–H and O–H groups in total. The van der Waals surface area contributed by atoms with Crippen LogP contribution < -0.4 is 5.32 Å². The number of rotatable bonds is 5. The second kappa shape index (κ2) is 5.49. The van der Waals surface area contributed by atoms with Gasteiger partial charge in [0, 0.05) is 18.4 Å². The number of alkyl halides is 3. The molecule has 3 unspecified atom stereocenters. The molecular formula is C14H19F3N2. The molecule has 1 aromatic heterocycles. The van der Waals surface area contributed by atoms with Gasteiger partial charge in [-0.1, -0.05) is 13.8 Å². The van der Waals surface area contributed by atoms with Crippen LogP contribution in [0.15, 0.2) is 18.5 Å². The van der Waals surface area contributed by atoms with Gasteiger partial charge >= 0.3 is 6.18 Å². The Balaban J connectivity index is 2.31. The highest BCUT2D eigenvalue weighted by atomic mass is 19.4. The third kappa shape index (κ3) is 3.26. The maximum atomic E-state index is 13.1. The Kier molecular flexibility index (Phi) is 4.13. The first-order valence-corrected chi connectivity index (χ1v) is 6.69. The van der Waals surface area contributed by atoms with Crippen molar-refractivity contribution in [2.45, 2.75) is 38.9 Å². The summed E-state index contributed by atoms with van der Waals surface area (Å²) in [5.74, 6) is 0.771. The highest BCUT2D eigenvalue weighted by molar-refractivity contribution is 5.31. The summed E-state index contributed by atoms with van der Waals surface area (Å²) in [6, 6.07) is 0.837. The summed E-state index contributed by atoms with van der Waals surface area (Å²) in [6.07, 6.45) is 0.135. The third-order valence-corrected chi connectivity index (χ3v) is 3.71. The summed E-state index contributed by atoms with van der Waals surface area (Å²) in [4.78, 5) is 3.88. The number of hydrogen-bond acceptors (Lipinski definition) is 2. The molecule has 1 heterocycles. The lowest BCUT2D eigenvalue weighted by atomic mass is 9.97. The van der Waals surface area contributed by atoms with Crippen molar-refractivity contribution in [1.29, 1.82) is 0 Å². The van der Waals surface area contributed by atoms with E-state index in [4.69, 9.17) is 0 Å². The minimum absolute atomic E-state index is 0.236. The summed E-state index contributed by atoms with van der Waals surface area (Å²) in [5.41, 5.74) is -0.270. The SMILES string of the molecule is CCCNC(c1cnccc1C(F)(F)F)C1CC1C. The van der Waals surface area contributed by atoms with E-state index in [1.807, 2.05) is 6.92 Å². The molecule has 0 aromatic carbocycles. The Hall–Kier alpha value is -1.10. The second-order valence-corrected chi connectivity index (χ2v) is 5.27. The van der Waals surface area contributed by atoms with Gasteiger partial charge in [-0.05, 0) is 42.9 Å². The Morgan fingerprint density at radius 1 is 1.47 bits per heavy atom. The zero-order valence-corrected chi connectivity index (χ0v) is 11.2. The number of aromatic nitrogens is 1. The van der Waals surface area contributed by atoms with Crippen molar-refractivity contribution >= 4 is 0 Å². The fourth-order valence-corrected chi connectivity index (χ4v) is 2.52. The number of hydrogen-bond donors (Lipinski definition) is 1. The predicted octanol–water partition coefficient (Wildman–Crippen LogP) is 3.80. The quantitative estimate of drug-likeness (QED) is 0.882. The Bertz CT molecular complexity index is 431. The fraction of sp³-hybridized carbons (Fsp3) is 0.643. The van der Waals surface area contributed by atoms with Crippen LogP contribution in [0.1, 0.15) is 43.9 Å². The van der Waals surface area contributed by atoms with E-state index in [9.17, 15) is 13.2 Å². The molecule has 0 saturated heterocycles. The first-order valence-electron chi connectivity index (χ1n) is 6.69. The van der Waals surface area contributed by atoms with Crippen LogP contribution in [0.2, 0.25) is 0 Å². The molecule has 1 aliphatic rings. The summed E-state index contributed by atoms with van der Waals surface area (Å²) in [5, 5.41) is 3.25. The maximum Gasteiger partial charge on any atom is 0.416 e. The van der Waals surface area contributed by atoms with Crippen LogP contribution in [0, 0.1) is 11.8 Å². The van der Waals surface area contributed by atoms with Crippen molar-refractivity contribution < 1.29 is 13.2 Å². The van der Waals surface area contributed by atoms with Gasteiger partial charge in [0.2, 0.25) is 0 Å². The number of nitrogens with zero attached hydrogens (tertiary/aromatic N) is 1. The Labute approximate surface area is 111 Å². The minimum atomic E-state index is -4.32. The molecule has 2 rings (SSSR count). The van der Waals surface area contributed by atoms with Gasteiger partial charge in [-0.25, -0.2) is 0 Å². The number of halogens is 3. The van der Waals surface area contributed by atoms with Crippen molar-refractivity contribution in [3.05, 3.63) is 29.6 Å². The lowest BCUT2D eigenvalue weighted by Crippen LogP contribution is -2.27. The Morgan fingerprint density at radius 2 is 2.16 bits per heavy atom. The van der Waals surface area contributed by atoms with Crippen LogP contribution >= 0.6 is 0 Å². The molecule has 19 heavy (non-hydrogen) atoms. The van der Waals surface area contributed by atoms with Crippen molar-refractivity contribution in [1.82, 2.24) is 10.3 Å². The molecule has 2 nitrogen and oxygen atoms in total. The van der Waals surface area contributed by atoms with Crippen molar-refractivity contribution in [2.24, 2.45) is 11.8 Å². The molecule has 0 aliphatic heterocycles. The van der Waals surface area contributed by atoms with E-state index in [0.29, 0.717) is 5.92 Å². The van der Waals surface area contributed by atoms with Gasteiger partial charge in [-0.15, -0.1) is 0 Å². The molecule has 106 valence electrons. The first kappa shape index (κ1) is 14.3. The van der Waals surface area contributed by atoms with Gasteiger partial charge < -0.3 is 5.32 Å². The average Bonchev–Trinajstić information content (AvgIpc) is 3.06. The Morgan fingerprint density at radius 3 is 2.68 bits per heavy atom. The van der Waals surface area contributed by atoms with Gasteiger partial charge in [-0.3, -0.25) is 4.98 Å². The second-order valence-electron chi connectivity index (χ2n) is 5.27. The molecule has 5 heteroatoms. The number of nitrogens with one attached hydrogen (secondary N) is 1. The van der Waals surface area contributed by atoms with Crippen LogP contribution in [0.5, 0.6) is 0 Å². The molecule has 0 spiro atoms. The summed E-state index contributed by atoms with van der Waals surface area (Å²) in [7, 11) is 0. The van der Waals surface area contributed by atoms with Crippen molar-refractivity contribution in [3.63, 3.8) is 0 Å². The van der Waals surface area contributed by atoms with Crippen molar-refractivity contribution in [3.8, 4) is 0 Å². The highest BCUT2D eigenvalue weighted by Gasteiger charge is 2.43. The standard InChI is InChI=1S/C14H19F3N2/c1-3-5-19-13(10-7-9(10)2)11-8-18-6-4-12(11)14(15,16)17/h4,6,8-10,13,19H,3,5,7H2,1-2H3. The molecular weight excluding hydrogens is 253 g/mol. The van der Waals surface area contributed by atoms with Gasteiger partial charge in [0.05, 0.1) is 5.56 Å². The van der Waals surface area contributed by atoms with Crippen LogP contribution in [0.25, 0.3) is 0 Å². The monoisotopic (exact) mass is 272 g/mol. The van der Waals surface area contributed by atoms with Crippen LogP contribution in [0.3, 0.4) is 0 Å².